The van der Waals surface area contributed by atoms with Gasteiger partial charge in [-0.15, -0.1) is 0 Å². The van der Waals surface area contributed by atoms with Crippen LogP contribution >= 0.6 is 0 Å². The molecule has 0 nitrogen and oxygen atoms in total. The monoisotopic (exact) mass is 270 g/mol. The van der Waals surface area contributed by atoms with Crippen LogP contribution in [-0.2, 0) is 0 Å². The lowest BCUT2D eigenvalue weighted by Crippen LogP contribution is -2.02. The van der Waals surface area contributed by atoms with E-state index in [1.807, 2.05) is 12.1 Å². The Balaban J connectivity index is 2.59. The lowest BCUT2D eigenvalue weighted by atomic mass is 9.84. The molecule has 1 heteroatoms. The minimum atomic E-state index is -0.187. The SMILES string of the molecule is Cc1cc(-c2ccc(F)cc2)cc(C(C)C)c1C(C)C. The number of benzene rings is 2. The van der Waals surface area contributed by atoms with Gasteiger partial charge in [-0.1, -0.05) is 52.0 Å². The van der Waals surface area contributed by atoms with Gasteiger partial charge in [-0.25, -0.2) is 4.39 Å². The lowest BCUT2D eigenvalue weighted by Gasteiger charge is -2.20. The summed E-state index contributed by atoms with van der Waals surface area (Å²) in [4.78, 5) is 0. The molecule has 2 rings (SSSR count). The summed E-state index contributed by atoms with van der Waals surface area (Å²) in [6, 6.07) is 11.2. The van der Waals surface area contributed by atoms with E-state index in [2.05, 4.69) is 46.8 Å². The molecule has 20 heavy (non-hydrogen) atoms. The quantitative estimate of drug-likeness (QED) is 0.637. The second-order valence-electron chi connectivity index (χ2n) is 6.11. The predicted octanol–water partition coefficient (Wildman–Crippen LogP) is 6.05. The first-order valence-electron chi connectivity index (χ1n) is 7.30. The van der Waals surface area contributed by atoms with Crippen molar-refractivity contribution in [1.82, 2.24) is 0 Å². The van der Waals surface area contributed by atoms with Gasteiger partial charge in [0.15, 0.2) is 0 Å². The third-order valence-corrected chi connectivity index (χ3v) is 3.80. The van der Waals surface area contributed by atoms with Gasteiger partial charge in [0, 0.05) is 0 Å². The first-order valence-corrected chi connectivity index (χ1v) is 7.30. The lowest BCUT2D eigenvalue weighted by molar-refractivity contribution is 0.628. The average molecular weight is 270 g/mol. The third-order valence-electron chi connectivity index (χ3n) is 3.80. The van der Waals surface area contributed by atoms with E-state index < -0.39 is 0 Å². The summed E-state index contributed by atoms with van der Waals surface area (Å²) < 4.78 is 13.1. The van der Waals surface area contributed by atoms with E-state index in [1.165, 1.54) is 34.4 Å². The van der Waals surface area contributed by atoms with Crippen molar-refractivity contribution < 1.29 is 4.39 Å². The Kier molecular flexibility index (Phi) is 4.27. The van der Waals surface area contributed by atoms with Crippen LogP contribution in [0.3, 0.4) is 0 Å². The fraction of sp³-hybridized carbons (Fsp3) is 0.368. The molecule has 0 amide bonds. The summed E-state index contributed by atoms with van der Waals surface area (Å²) in [7, 11) is 0. The second kappa shape index (κ2) is 5.78. The summed E-state index contributed by atoms with van der Waals surface area (Å²) in [5.74, 6) is 0.828. The second-order valence-corrected chi connectivity index (χ2v) is 6.11. The van der Waals surface area contributed by atoms with Gasteiger partial charge in [0.05, 0.1) is 0 Å². The molecule has 2 aromatic carbocycles. The summed E-state index contributed by atoms with van der Waals surface area (Å²) in [5.41, 5.74) is 6.43. The summed E-state index contributed by atoms with van der Waals surface area (Å²) >= 11 is 0. The van der Waals surface area contributed by atoms with Gasteiger partial charge in [-0.05, 0) is 58.7 Å². The van der Waals surface area contributed by atoms with Crippen molar-refractivity contribution in [1.29, 1.82) is 0 Å². The molecule has 0 fully saturated rings. The van der Waals surface area contributed by atoms with E-state index in [0.717, 1.165) is 5.56 Å². The normalized spacial score (nSPS) is 11.4. The van der Waals surface area contributed by atoms with Crippen molar-refractivity contribution in [2.45, 2.75) is 46.5 Å². The van der Waals surface area contributed by atoms with Gasteiger partial charge in [-0.2, -0.15) is 0 Å². The van der Waals surface area contributed by atoms with Crippen molar-refractivity contribution >= 4 is 0 Å². The van der Waals surface area contributed by atoms with Crippen molar-refractivity contribution in [3.05, 3.63) is 58.9 Å². The number of hydrogen-bond acceptors (Lipinski definition) is 0. The van der Waals surface area contributed by atoms with E-state index in [-0.39, 0.29) is 5.82 Å². The Morgan fingerprint density at radius 3 is 1.90 bits per heavy atom. The van der Waals surface area contributed by atoms with Crippen LogP contribution in [0.4, 0.5) is 4.39 Å². The molecular weight excluding hydrogens is 247 g/mol. The van der Waals surface area contributed by atoms with Gasteiger partial charge in [0.25, 0.3) is 0 Å². The zero-order valence-corrected chi connectivity index (χ0v) is 13.0. The Morgan fingerprint density at radius 1 is 0.800 bits per heavy atom. The van der Waals surface area contributed by atoms with E-state index >= 15 is 0 Å². The van der Waals surface area contributed by atoms with Crippen LogP contribution in [0.25, 0.3) is 11.1 Å². The predicted molar refractivity (Wildman–Crippen MR) is 84.8 cm³/mol. The molecule has 0 radical (unpaired) electrons. The zero-order chi connectivity index (χ0) is 14.9. The fourth-order valence-electron chi connectivity index (χ4n) is 2.90. The first kappa shape index (κ1) is 14.8. The van der Waals surface area contributed by atoms with E-state index in [0.29, 0.717) is 11.8 Å². The maximum atomic E-state index is 13.1. The molecule has 0 N–H and O–H groups in total. The van der Waals surface area contributed by atoms with Crippen molar-refractivity contribution in [2.75, 3.05) is 0 Å². The summed E-state index contributed by atoms with van der Waals surface area (Å²) in [5, 5.41) is 0. The highest BCUT2D eigenvalue weighted by atomic mass is 19.1. The van der Waals surface area contributed by atoms with E-state index in [4.69, 9.17) is 0 Å². The van der Waals surface area contributed by atoms with Crippen LogP contribution in [0, 0.1) is 12.7 Å². The van der Waals surface area contributed by atoms with Crippen molar-refractivity contribution in [2.24, 2.45) is 0 Å². The molecule has 0 saturated carbocycles. The highest BCUT2D eigenvalue weighted by Crippen LogP contribution is 2.33. The largest absolute Gasteiger partial charge is 0.207 e. The van der Waals surface area contributed by atoms with Crippen LogP contribution in [0.5, 0.6) is 0 Å². The first-order chi connectivity index (χ1) is 9.40. The molecule has 0 spiro atoms. The Morgan fingerprint density at radius 2 is 1.40 bits per heavy atom. The van der Waals surface area contributed by atoms with E-state index in [9.17, 15) is 4.39 Å². The van der Waals surface area contributed by atoms with Gasteiger partial charge >= 0.3 is 0 Å². The van der Waals surface area contributed by atoms with Crippen molar-refractivity contribution in [3.8, 4) is 11.1 Å². The molecule has 0 unspecified atom stereocenters. The minimum Gasteiger partial charge on any atom is -0.207 e. The maximum Gasteiger partial charge on any atom is 0.123 e. The van der Waals surface area contributed by atoms with Gasteiger partial charge in [-0.3, -0.25) is 0 Å². The molecular formula is C19H23F. The maximum absolute atomic E-state index is 13.1. The Hall–Kier alpha value is -1.63. The zero-order valence-electron chi connectivity index (χ0n) is 13.0. The van der Waals surface area contributed by atoms with Gasteiger partial charge in [0.1, 0.15) is 5.82 Å². The molecule has 106 valence electrons. The molecule has 0 aromatic heterocycles. The van der Waals surface area contributed by atoms with E-state index in [1.54, 1.807) is 0 Å². The topological polar surface area (TPSA) is 0 Å². The molecule has 0 aliphatic rings. The Bertz CT molecular complexity index is 592. The highest BCUT2D eigenvalue weighted by Gasteiger charge is 2.14. The molecule has 0 heterocycles. The molecule has 0 saturated heterocycles. The van der Waals surface area contributed by atoms with Crippen LogP contribution in [0.15, 0.2) is 36.4 Å². The molecule has 0 aliphatic heterocycles. The standard InChI is InChI=1S/C19H23F/c1-12(2)18-11-16(10-14(5)19(18)13(3)4)15-6-8-17(20)9-7-15/h6-13H,1-5H3. The number of aryl methyl sites for hydroxylation is 1. The smallest absolute Gasteiger partial charge is 0.123 e. The van der Waals surface area contributed by atoms with Crippen molar-refractivity contribution in [3.63, 3.8) is 0 Å². The van der Waals surface area contributed by atoms with Crippen LogP contribution in [0.2, 0.25) is 0 Å². The molecule has 0 bridgehead atoms. The Labute approximate surface area is 121 Å². The van der Waals surface area contributed by atoms with Crippen LogP contribution in [0.1, 0.15) is 56.2 Å². The highest BCUT2D eigenvalue weighted by molar-refractivity contribution is 5.67. The number of halogens is 1. The average Bonchev–Trinajstić information content (AvgIpc) is 2.37. The fourth-order valence-corrected chi connectivity index (χ4v) is 2.90. The number of hydrogen-bond donors (Lipinski definition) is 0. The minimum absolute atomic E-state index is 0.187. The van der Waals surface area contributed by atoms with Gasteiger partial charge < -0.3 is 0 Å². The molecule has 2 aromatic rings. The van der Waals surface area contributed by atoms with Crippen LogP contribution in [-0.4, -0.2) is 0 Å². The molecule has 0 atom stereocenters. The summed E-state index contributed by atoms with van der Waals surface area (Å²) in [6.07, 6.45) is 0. The number of rotatable bonds is 3. The molecule has 0 aliphatic carbocycles. The van der Waals surface area contributed by atoms with Crippen LogP contribution < -0.4 is 0 Å². The third kappa shape index (κ3) is 2.92. The summed E-state index contributed by atoms with van der Waals surface area (Å²) in [6.45, 7) is 11.1. The van der Waals surface area contributed by atoms with Gasteiger partial charge in [0.2, 0.25) is 0 Å².